The number of fused-ring (bicyclic) bond motifs is 1. The van der Waals surface area contributed by atoms with Gasteiger partial charge in [-0.2, -0.15) is 0 Å². The highest BCUT2D eigenvalue weighted by molar-refractivity contribution is 6.07. The fourth-order valence-corrected chi connectivity index (χ4v) is 2.98. The van der Waals surface area contributed by atoms with E-state index in [9.17, 15) is 4.79 Å². The molecule has 0 saturated heterocycles. The van der Waals surface area contributed by atoms with E-state index in [4.69, 9.17) is 0 Å². The zero-order valence-electron chi connectivity index (χ0n) is 14.1. The molecule has 5 heteroatoms. The van der Waals surface area contributed by atoms with E-state index in [1.54, 1.807) is 12.5 Å². The second kappa shape index (κ2) is 5.94. The summed E-state index contributed by atoms with van der Waals surface area (Å²) in [5, 5.41) is 4.07. The van der Waals surface area contributed by atoms with Crippen molar-refractivity contribution < 1.29 is 4.79 Å². The number of para-hydroxylation sites is 2. The third kappa shape index (κ3) is 2.70. The van der Waals surface area contributed by atoms with Gasteiger partial charge in [0.1, 0.15) is 5.69 Å². The minimum atomic E-state index is -0.166. The summed E-state index contributed by atoms with van der Waals surface area (Å²) in [5.74, 6) is -0.166. The summed E-state index contributed by atoms with van der Waals surface area (Å²) in [6.07, 6.45) is 5.27. The maximum atomic E-state index is 12.7. The van der Waals surface area contributed by atoms with Crippen molar-refractivity contribution in [3.8, 4) is 5.69 Å². The number of H-pyrrole nitrogens is 1. The first-order valence-corrected chi connectivity index (χ1v) is 8.11. The van der Waals surface area contributed by atoms with Crippen LogP contribution in [0, 0.1) is 13.8 Å². The summed E-state index contributed by atoms with van der Waals surface area (Å²) in [7, 11) is 0. The Morgan fingerprint density at radius 3 is 2.80 bits per heavy atom. The number of nitrogens with zero attached hydrogens (tertiary/aromatic N) is 2. The van der Waals surface area contributed by atoms with Crippen LogP contribution in [0.3, 0.4) is 0 Å². The van der Waals surface area contributed by atoms with Crippen LogP contribution in [0.25, 0.3) is 16.6 Å². The van der Waals surface area contributed by atoms with Gasteiger partial charge in [0.2, 0.25) is 0 Å². The summed E-state index contributed by atoms with van der Waals surface area (Å²) in [4.78, 5) is 20.0. The van der Waals surface area contributed by atoms with Gasteiger partial charge in [0.05, 0.1) is 17.7 Å². The second-order valence-electron chi connectivity index (χ2n) is 6.09. The summed E-state index contributed by atoms with van der Waals surface area (Å²) in [5.41, 5.74) is 5.52. The number of carbonyl (C=O) groups is 1. The van der Waals surface area contributed by atoms with Crippen LogP contribution >= 0.6 is 0 Å². The Bertz CT molecular complexity index is 1060. The molecule has 4 aromatic rings. The zero-order chi connectivity index (χ0) is 17.4. The number of amides is 1. The lowest BCUT2D eigenvalue weighted by Crippen LogP contribution is -2.13. The Morgan fingerprint density at radius 1 is 1.16 bits per heavy atom. The smallest absolute Gasteiger partial charge is 0.272 e. The Morgan fingerprint density at radius 2 is 2.00 bits per heavy atom. The standard InChI is InChI=1S/C20H18N4O/c1-13-7-8-16-15(14(13)2)11-18(22-16)20(25)23-17-5-3-4-6-19(17)24-10-9-21-12-24/h3-12,22H,1-2H3,(H,23,25). The molecule has 2 N–H and O–H groups in total. The number of aryl methyl sites for hydroxylation is 2. The van der Waals surface area contributed by atoms with Crippen LogP contribution in [0.4, 0.5) is 5.69 Å². The zero-order valence-corrected chi connectivity index (χ0v) is 14.1. The van der Waals surface area contributed by atoms with E-state index in [2.05, 4.69) is 35.2 Å². The molecule has 124 valence electrons. The number of rotatable bonds is 3. The Labute approximate surface area is 145 Å². The first-order valence-electron chi connectivity index (χ1n) is 8.11. The third-order valence-corrected chi connectivity index (χ3v) is 4.52. The lowest BCUT2D eigenvalue weighted by atomic mass is 10.1. The SMILES string of the molecule is Cc1ccc2[nH]c(C(=O)Nc3ccccc3-n3ccnc3)cc2c1C. The van der Waals surface area contributed by atoms with Gasteiger partial charge in [-0.3, -0.25) is 4.79 Å². The van der Waals surface area contributed by atoms with Crippen molar-refractivity contribution in [1.29, 1.82) is 0 Å². The number of carbonyl (C=O) groups excluding carboxylic acids is 1. The summed E-state index contributed by atoms with van der Waals surface area (Å²) >= 11 is 0. The van der Waals surface area contributed by atoms with Crippen LogP contribution in [0.1, 0.15) is 21.6 Å². The second-order valence-corrected chi connectivity index (χ2v) is 6.09. The predicted molar refractivity (Wildman–Crippen MR) is 99.3 cm³/mol. The number of anilines is 1. The van der Waals surface area contributed by atoms with Gasteiger partial charge in [0.25, 0.3) is 5.91 Å². The van der Waals surface area contributed by atoms with Gasteiger partial charge < -0.3 is 14.9 Å². The number of aromatic amines is 1. The van der Waals surface area contributed by atoms with Crippen LogP contribution in [-0.4, -0.2) is 20.4 Å². The number of hydrogen-bond donors (Lipinski definition) is 2. The number of hydrogen-bond acceptors (Lipinski definition) is 2. The van der Waals surface area contributed by atoms with Gasteiger partial charge in [-0.25, -0.2) is 4.98 Å². The van der Waals surface area contributed by atoms with Gasteiger partial charge in [-0.05, 0) is 49.2 Å². The average molecular weight is 330 g/mol. The van der Waals surface area contributed by atoms with Crippen molar-refractivity contribution in [2.75, 3.05) is 5.32 Å². The third-order valence-electron chi connectivity index (χ3n) is 4.52. The molecule has 5 nitrogen and oxygen atoms in total. The molecular weight excluding hydrogens is 312 g/mol. The normalized spacial score (nSPS) is 11.0. The molecule has 0 aliphatic carbocycles. The first-order chi connectivity index (χ1) is 12.1. The van der Waals surface area contributed by atoms with Crippen LogP contribution in [0.5, 0.6) is 0 Å². The quantitative estimate of drug-likeness (QED) is 0.591. The van der Waals surface area contributed by atoms with Gasteiger partial charge >= 0.3 is 0 Å². The minimum Gasteiger partial charge on any atom is -0.351 e. The van der Waals surface area contributed by atoms with E-state index < -0.39 is 0 Å². The van der Waals surface area contributed by atoms with Crippen molar-refractivity contribution >= 4 is 22.5 Å². The topological polar surface area (TPSA) is 62.7 Å². The molecule has 0 atom stereocenters. The highest BCUT2D eigenvalue weighted by Gasteiger charge is 2.13. The number of nitrogens with one attached hydrogen (secondary N) is 2. The highest BCUT2D eigenvalue weighted by Crippen LogP contribution is 2.24. The summed E-state index contributed by atoms with van der Waals surface area (Å²) in [6.45, 7) is 4.14. The molecule has 2 aromatic heterocycles. The lowest BCUT2D eigenvalue weighted by molar-refractivity contribution is 0.102. The van der Waals surface area contributed by atoms with E-state index in [1.807, 2.05) is 47.2 Å². The van der Waals surface area contributed by atoms with E-state index in [1.165, 1.54) is 11.1 Å². The van der Waals surface area contributed by atoms with Crippen LogP contribution in [-0.2, 0) is 0 Å². The van der Waals surface area contributed by atoms with Crippen molar-refractivity contribution in [3.05, 3.63) is 78.0 Å². The van der Waals surface area contributed by atoms with E-state index >= 15 is 0 Å². The van der Waals surface area contributed by atoms with Crippen molar-refractivity contribution in [2.45, 2.75) is 13.8 Å². The highest BCUT2D eigenvalue weighted by atomic mass is 16.1. The molecular formula is C20H18N4O. The van der Waals surface area contributed by atoms with Gasteiger partial charge in [-0.1, -0.05) is 18.2 Å². The fraction of sp³-hybridized carbons (Fsp3) is 0.100. The number of imidazole rings is 1. The van der Waals surface area contributed by atoms with E-state index in [0.717, 1.165) is 22.3 Å². The van der Waals surface area contributed by atoms with Crippen LogP contribution < -0.4 is 5.32 Å². The molecule has 0 aliphatic rings. The van der Waals surface area contributed by atoms with Gasteiger partial charge in [0, 0.05) is 23.3 Å². The molecule has 2 heterocycles. The molecule has 2 aromatic carbocycles. The first kappa shape index (κ1) is 15.2. The molecule has 0 radical (unpaired) electrons. The Balaban J connectivity index is 1.69. The molecule has 25 heavy (non-hydrogen) atoms. The van der Waals surface area contributed by atoms with Crippen molar-refractivity contribution in [1.82, 2.24) is 14.5 Å². The van der Waals surface area contributed by atoms with E-state index in [-0.39, 0.29) is 5.91 Å². The molecule has 0 saturated carbocycles. The fourth-order valence-electron chi connectivity index (χ4n) is 2.98. The van der Waals surface area contributed by atoms with Crippen LogP contribution in [0.15, 0.2) is 61.2 Å². The minimum absolute atomic E-state index is 0.166. The molecule has 0 bridgehead atoms. The largest absolute Gasteiger partial charge is 0.351 e. The Kier molecular flexibility index (Phi) is 3.61. The van der Waals surface area contributed by atoms with Gasteiger partial charge in [0.15, 0.2) is 0 Å². The molecule has 1 amide bonds. The molecule has 4 rings (SSSR count). The monoisotopic (exact) mass is 330 g/mol. The summed E-state index contributed by atoms with van der Waals surface area (Å²) in [6, 6.07) is 13.6. The molecule has 0 fully saturated rings. The average Bonchev–Trinajstić information content (AvgIpc) is 3.28. The maximum Gasteiger partial charge on any atom is 0.272 e. The molecule has 0 aliphatic heterocycles. The maximum absolute atomic E-state index is 12.7. The molecule has 0 unspecified atom stereocenters. The summed E-state index contributed by atoms with van der Waals surface area (Å²) < 4.78 is 1.87. The van der Waals surface area contributed by atoms with Crippen molar-refractivity contribution in [2.24, 2.45) is 0 Å². The Hall–Kier alpha value is -3.34. The van der Waals surface area contributed by atoms with Gasteiger partial charge in [-0.15, -0.1) is 0 Å². The van der Waals surface area contributed by atoms with Crippen molar-refractivity contribution in [3.63, 3.8) is 0 Å². The number of aromatic nitrogens is 3. The molecule has 0 spiro atoms. The van der Waals surface area contributed by atoms with E-state index in [0.29, 0.717) is 5.69 Å². The van der Waals surface area contributed by atoms with Crippen LogP contribution in [0.2, 0.25) is 0 Å². The predicted octanol–water partition coefficient (Wildman–Crippen LogP) is 4.22. The number of benzene rings is 2. The lowest BCUT2D eigenvalue weighted by Gasteiger charge is -2.10.